The van der Waals surface area contributed by atoms with Crippen molar-refractivity contribution in [2.45, 2.75) is 26.4 Å². The van der Waals surface area contributed by atoms with Crippen molar-refractivity contribution in [1.29, 1.82) is 0 Å². The van der Waals surface area contributed by atoms with Crippen molar-refractivity contribution in [2.24, 2.45) is 0 Å². The van der Waals surface area contributed by atoms with Gasteiger partial charge in [0.2, 0.25) is 0 Å². The summed E-state index contributed by atoms with van der Waals surface area (Å²) in [6, 6.07) is 23.5. The minimum absolute atomic E-state index is 0.148. The fourth-order valence-electron chi connectivity index (χ4n) is 3.60. The van der Waals surface area contributed by atoms with Gasteiger partial charge in [0.1, 0.15) is 12.4 Å². The summed E-state index contributed by atoms with van der Waals surface area (Å²) in [7, 11) is 0. The predicted octanol–water partition coefficient (Wildman–Crippen LogP) is 6.32. The van der Waals surface area contributed by atoms with Gasteiger partial charge in [-0.15, -0.1) is 13.2 Å². The van der Waals surface area contributed by atoms with Crippen LogP contribution in [-0.4, -0.2) is 16.9 Å². The molecule has 32 heavy (non-hydrogen) atoms. The number of nitrogens with zero attached hydrogens (tertiary/aromatic N) is 1. The highest BCUT2D eigenvalue weighted by atomic mass is 19.4. The van der Waals surface area contributed by atoms with Crippen molar-refractivity contribution in [3.05, 3.63) is 90.1 Å². The first-order chi connectivity index (χ1) is 15.3. The van der Waals surface area contributed by atoms with Gasteiger partial charge in [0.25, 0.3) is 0 Å². The number of carbonyl (C=O) groups excluding carboxylic acids is 1. The van der Waals surface area contributed by atoms with E-state index in [2.05, 4.69) is 9.30 Å². The summed E-state index contributed by atoms with van der Waals surface area (Å²) in [6.07, 6.45) is -4.72. The van der Waals surface area contributed by atoms with Crippen molar-refractivity contribution < 1.29 is 27.4 Å². The highest BCUT2D eigenvalue weighted by Crippen LogP contribution is 2.30. The third kappa shape index (κ3) is 5.11. The summed E-state index contributed by atoms with van der Waals surface area (Å²) < 4.78 is 48.5. The molecule has 0 amide bonds. The Morgan fingerprint density at radius 1 is 0.906 bits per heavy atom. The van der Waals surface area contributed by atoms with E-state index in [1.807, 2.05) is 54.6 Å². The molecule has 0 aliphatic heterocycles. The molecule has 7 heteroatoms. The zero-order chi connectivity index (χ0) is 22.7. The highest BCUT2D eigenvalue weighted by molar-refractivity contribution is 5.87. The van der Waals surface area contributed by atoms with Crippen LogP contribution >= 0.6 is 0 Å². The number of carbonyl (C=O) groups is 1. The predicted molar refractivity (Wildman–Crippen MR) is 115 cm³/mol. The van der Waals surface area contributed by atoms with Gasteiger partial charge in [-0.2, -0.15) is 0 Å². The van der Waals surface area contributed by atoms with Gasteiger partial charge < -0.3 is 14.0 Å². The molecule has 0 spiro atoms. The van der Waals surface area contributed by atoms with Crippen LogP contribution in [0.25, 0.3) is 22.0 Å². The fraction of sp³-hybridized carbons (Fsp3) is 0.160. The molecule has 1 aromatic heterocycles. The van der Waals surface area contributed by atoms with E-state index in [9.17, 15) is 18.0 Å². The van der Waals surface area contributed by atoms with E-state index < -0.39 is 6.36 Å². The van der Waals surface area contributed by atoms with E-state index in [1.54, 1.807) is 12.1 Å². The molecule has 0 saturated carbocycles. The second-order valence-corrected chi connectivity index (χ2v) is 7.33. The second kappa shape index (κ2) is 8.78. The van der Waals surface area contributed by atoms with E-state index in [1.165, 1.54) is 19.1 Å². The molecule has 0 unspecified atom stereocenters. The first-order valence-corrected chi connectivity index (χ1v) is 9.94. The SMILES string of the molecule is CC(=O)OCc1cc2cc(-c3ccc(OC(F)(F)F)cc3)ccc2n1Cc1ccccc1. The number of alkyl halides is 3. The maximum Gasteiger partial charge on any atom is 0.573 e. The molecule has 0 saturated heterocycles. The Bertz CT molecular complexity index is 1230. The molecule has 0 aliphatic rings. The van der Waals surface area contributed by atoms with Crippen LogP contribution in [0.4, 0.5) is 13.2 Å². The van der Waals surface area contributed by atoms with Crippen molar-refractivity contribution >= 4 is 16.9 Å². The van der Waals surface area contributed by atoms with Gasteiger partial charge in [0.15, 0.2) is 0 Å². The van der Waals surface area contributed by atoms with Crippen LogP contribution in [-0.2, 0) is 22.7 Å². The monoisotopic (exact) mass is 439 g/mol. The summed E-state index contributed by atoms with van der Waals surface area (Å²) in [6.45, 7) is 2.13. The standard InChI is InChI=1S/C25H20F3NO3/c1-17(30)31-16-22-14-21-13-20(19-7-10-23(11-8-19)32-25(26,27)28)9-12-24(21)29(22)15-18-5-3-2-4-6-18/h2-14H,15-16H2,1H3. The van der Waals surface area contributed by atoms with Gasteiger partial charge >= 0.3 is 12.3 Å². The minimum Gasteiger partial charge on any atom is -0.459 e. The molecule has 4 rings (SSSR count). The summed E-state index contributed by atoms with van der Waals surface area (Å²) in [5.41, 5.74) is 4.55. The van der Waals surface area contributed by atoms with Gasteiger partial charge in [0.05, 0.1) is 5.69 Å². The van der Waals surface area contributed by atoms with Gasteiger partial charge in [0, 0.05) is 24.4 Å². The van der Waals surface area contributed by atoms with E-state index in [0.29, 0.717) is 6.54 Å². The van der Waals surface area contributed by atoms with Crippen LogP contribution in [0, 0.1) is 0 Å². The largest absolute Gasteiger partial charge is 0.573 e. The lowest BCUT2D eigenvalue weighted by Crippen LogP contribution is -2.16. The molecule has 4 aromatic rings. The highest BCUT2D eigenvalue weighted by Gasteiger charge is 2.30. The van der Waals surface area contributed by atoms with Gasteiger partial charge in [-0.05, 0) is 47.0 Å². The number of hydrogen-bond donors (Lipinski definition) is 0. The van der Waals surface area contributed by atoms with Crippen molar-refractivity contribution in [1.82, 2.24) is 4.57 Å². The molecular weight excluding hydrogens is 419 g/mol. The maximum absolute atomic E-state index is 12.4. The van der Waals surface area contributed by atoms with Crippen LogP contribution in [0.3, 0.4) is 0 Å². The maximum atomic E-state index is 12.4. The van der Waals surface area contributed by atoms with Crippen molar-refractivity contribution in [3.8, 4) is 16.9 Å². The summed E-state index contributed by atoms with van der Waals surface area (Å²) >= 11 is 0. The zero-order valence-electron chi connectivity index (χ0n) is 17.2. The summed E-state index contributed by atoms with van der Waals surface area (Å²) in [4.78, 5) is 11.3. The van der Waals surface area contributed by atoms with Crippen LogP contribution in [0.1, 0.15) is 18.2 Å². The fourth-order valence-corrected chi connectivity index (χ4v) is 3.60. The Labute approximate surface area is 182 Å². The number of halogens is 3. The van der Waals surface area contributed by atoms with E-state index in [-0.39, 0.29) is 18.3 Å². The lowest BCUT2D eigenvalue weighted by atomic mass is 10.0. The number of rotatable bonds is 6. The zero-order valence-corrected chi connectivity index (χ0v) is 17.2. The first kappa shape index (κ1) is 21.5. The molecule has 0 atom stereocenters. The molecule has 0 radical (unpaired) electrons. The molecule has 3 aromatic carbocycles. The molecule has 0 aliphatic carbocycles. The first-order valence-electron chi connectivity index (χ1n) is 9.94. The van der Waals surface area contributed by atoms with Gasteiger partial charge in [-0.25, -0.2) is 0 Å². The Hall–Kier alpha value is -3.74. The van der Waals surface area contributed by atoms with Gasteiger partial charge in [-0.3, -0.25) is 4.79 Å². The third-order valence-corrected chi connectivity index (χ3v) is 5.02. The average molecular weight is 439 g/mol. The van der Waals surface area contributed by atoms with Gasteiger partial charge in [-0.1, -0.05) is 48.5 Å². The van der Waals surface area contributed by atoms with E-state index in [4.69, 9.17) is 4.74 Å². The van der Waals surface area contributed by atoms with Crippen molar-refractivity contribution in [3.63, 3.8) is 0 Å². The molecule has 1 heterocycles. The summed E-state index contributed by atoms with van der Waals surface area (Å²) in [5.74, 6) is -0.622. The Morgan fingerprint density at radius 2 is 1.59 bits per heavy atom. The quantitative estimate of drug-likeness (QED) is 0.330. The van der Waals surface area contributed by atoms with Crippen LogP contribution in [0.2, 0.25) is 0 Å². The number of ether oxygens (including phenoxy) is 2. The molecular formula is C25H20F3NO3. The van der Waals surface area contributed by atoms with Crippen LogP contribution in [0.15, 0.2) is 78.9 Å². The Morgan fingerprint density at radius 3 is 2.25 bits per heavy atom. The normalized spacial score (nSPS) is 11.5. The van der Waals surface area contributed by atoms with Crippen molar-refractivity contribution in [2.75, 3.05) is 0 Å². The second-order valence-electron chi connectivity index (χ2n) is 7.33. The molecule has 164 valence electrons. The number of esters is 1. The van der Waals surface area contributed by atoms with E-state index in [0.717, 1.165) is 33.3 Å². The lowest BCUT2D eigenvalue weighted by Gasteiger charge is -2.12. The number of fused-ring (bicyclic) bond motifs is 1. The van der Waals surface area contributed by atoms with Crippen LogP contribution in [0.5, 0.6) is 5.75 Å². The average Bonchev–Trinajstić information content (AvgIpc) is 3.09. The topological polar surface area (TPSA) is 40.5 Å². The molecule has 0 fully saturated rings. The van der Waals surface area contributed by atoms with Crippen LogP contribution < -0.4 is 4.74 Å². The Kier molecular flexibility index (Phi) is 5.90. The number of benzene rings is 3. The third-order valence-electron chi connectivity index (χ3n) is 5.02. The van der Waals surface area contributed by atoms with E-state index >= 15 is 0 Å². The smallest absolute Gasteiger partial charge is 0.459 e. The molecule has 0 N–H and O–H groups in total. The number of hydrogen-bond acceptors (Lipinski definition) is 3. The Balaban J connectivity index is 1.68. The number of aromatic nitrogens is 1. The minimum atomic E-state index is -4.72. The lowest BCUT2D eigenvalue weighted by molar-refractivity contribution is -0.274. The summed E-state index contributed by atoms with van der Waals surface area (Å²) in [5, 5.41) is 0.941. The molecule has 0 bridgehead atoms. The molecule has 4 nitrogen and oxygen atoms in total.